The summed E-state index contributed by atoms with van der Waals surface area (Å²) < 4.78 is 13.2. The molecule has 0 saturated carbocycles. The average molecular weight is 253 g/mol. The topological polar surface area (TPSA) is 12.0 Å². The van der Waals surface area contributed by atoms with Gasteiger partial charge in [-0.2, -0.15) is 11.8 Å². The maximum Gasteiger partial charge on any atom is 0.123 e. The number of hydrogen-bond donors (Lipinski definition) is 1. The third-order valence-electron chi connectivity index (χ3n) is 3.42. The van der Waals surface area contributed by atoms with Crippen LogP contribution in [-0.2, 0) is 0 Å². The third kappa shape index (κ3) is 3.46. The zero-order valence-corrected chi connectivity index (χ0v) is 11.3. The summed E-state index contributed by atoms with van der Waals surface area (Å²) in [5.41, 5.74) is 1.03. The fraction of sp³-hybridized carbons (Fsp3) is 0.571. The maximum absolute atomic E-state index is 13.2. The van der Waals surface area contributed by atoms with Gasteiger partial charge in [-0.3, -0.25) is 0 Å². The summed E-state index contributed by atoms with van der Waals surface area (Å²) in [5, 5.41) is 4.28. The lowest BCUT2D eigenvalue weighted by Crippen LogP contribution is -2.40. The third-order valence-corrected chi connectivity index (χ3v) is 4.80. The first-order valence-electron chi connectivity index (χ1n) is 6.30. The molecule has 0 radical (unpaired) electrons. The van der Waals surface area contributed by atoms with E-state index in [4.69, 9.17) is 0 Å². The summed E-state index contributed by atoms with van der Waals surface area (Å²) in [6, 6.07) is 7.65. The Hall–Kier alpha value is -0.540. The van der Waals surface area contributed by atoms with Crippen LogP contribution in [0.5, 0.6) is 0 Å². The number of thioether (sulfide) groups is 1. The average Bonchev–Trinajstić information content (AvgIpc) is 2.32. The summed E-state index contributed by atoms with van der Waals surface area (Å²) in [6.45, 7) is 4.39. The van der Waals surface area contributed by atoms with Crippen molar-refractivity contribution >= 4 is 11.8 Å². The quantitative estimate of drug-likeness (QED) is 0.880. The Labute approximate surface area is 107 Å². The van der Waals surface area contributed by atoms with Gasteiger partial charge >= 0.3 is 0 Å². The largest absolute Gasteiger partial charge is 0.306 e. The minimum atomic E-state index is -0.151. The van der Waals surface area contributed by atoms with Crippen molar-refractivity contribution in [1.82, 2.24) is 5.32 Å². The minimum absolute atomic E-state index is 0.151. The van der Waals surface area contributed by atoms with Crippen LogP contribution in [0.1, 0.15) is 38.3 Å². The lowest BCUT2D eigenvalue weighted by molar-refractivity contribution is 0.416. The highest BCUT2D eigenvalue weighted by Crippen LogP contribution is 2.27. The highest BCUT2D eigenvalue weighted by Gasteiger charge is 2.23. The van der Waals surface area contributed by atoms with Crippen LogP contribution >= 0.6 is 11.8 Å². The standard InChI is InChI=1S/C14H20FNS/c1-10(12-5-3-6-13(15)9-12)16-14-7-4-8-17-11(14)2/h3,5-6,9-11,14,16H,4,7-8H2,1-2H3. The molecule has 1 aliphatic heterocycles. The van der Waals surface area contributed by atoms with E-state index in [2.05, 4.69) is 19.2 Å². The van der Waals surface area contributed by atoms with E-state index in [1.54, 1.807) is 12.1 Å². The monoisotopic (exact) mass is 253 g/mol. The molecule has 17 heavy (non-hydrogen) atoms. The van der Waals surface area contributed by atoms with Gasteiger partial charge in [0.1, 0.15) is 5.82 Å². The molecule has 0 amide bonds. The van der Waals surface area contributed by atoms with E-state index in [9.17, 15) is 4.39 Å². The molecule has 0 spiro atoms. The molecule has 1 aromatic carbocycles. The molecule has 1 heterocycles. The van der Waals surface area contributed by atoms with Crippen molar-refractivity contribution in [3.8, 4) is 0 Å². The zero-order chi connectivity index (χ0) is 12.3. The zero-order valence-electron chi connectivity index (χ0n) is 10.4. The van der Waals surface area contributed by atoms with E-state index in [1.807, 2.05) is 17.8 Å². The van der Waals surface area contributed by atoms with E-state index in [-0.39, 0.29) is 11.9 Å². The summed E-state index contributed by atoms with van der Waals surface area (Å²) in [4.78, 5) is 0. The lowest BCUT2D eigenvalue weighted by Gasteiger charge is -2.32. The number of nitrogens with one attached hydrogen (secondary N) is 1. The second-order valence-corrected chi connectivity index (χ2v) is 6.25. The van der Waals surface area contributed by atoms with Crippen molar-refractivity contribution in [1.29, 1.82) is 0 Å². The van der Waals surface area contributed by atoms with Gasteiger partial charge in [0.25, 0.3) is 0 Å². The molecule has 0 aliphatic carbocycles. The Morgan fingerprint density at radius 3 is 3.00 bits per heavy atom. The Kier molecular flexibility index (Phi) is 4.46. The van der Waals surface area contributed by atoms with Crippen molar-refractivity contribution in [2.24, 2.45) is 0 Å². The van der Waals surface area contributed by atoms with Crippen LogP contribution in [0.2, 0.25) is 0 Å². The van der Waals surface area contributed by atoms with E-state index in [0.29, 0.717) is 11.3 Å². The molecule has 1 aromatic rings. The summed E-state index contributed by atoms with van der Waals surface area (Å²) >= 11 is 2.03. The Morgan fingerprint density at radius 2 is 2.29 bits per heavy atom. The van der Waals surface area contributed by atoms with Gasteiger partial charge in [-0.15, -0.1) is 0 Å². The van der Waals surface area contributed by atoms with Crippen molar-refractivity contribution in [3.05, 3.63) is 35.6 Å². The van der Waals surface area contributed by atoms with Gasteiger partial charge in [0.2, 0.25) is 0 Å². The highest BCUT2D eigenvalue weighted by molar-refractivity contribution is 7.99. The van der Waals surface area contributed by atoms with Crippen LogP contribution in [-0.4, -0.2) is 17.0 Å². The van der Waals surface area contributed by atoms with Gasteiger partial charge in [0.05, 0.1) is 0 Å². The fourth-order valence-electron chi connectivity index (χ4n) is 2.34. The first-order valence-corrected chi connectivity index (χ1v) is 7.35. The summed E-state index contributed by atoms with van der Waals surface area (Å²) in [5.74, 6) is 1.12. The van der Waals surface area contributed by atoms with Gasteiger partial charge in [-0.05, 0) is 43.2 Å². The van der Waals surface area contributed by atoms with Crippen LogP contribution in [0.15, 0.2) is 24.3 Å². The van der Waals surface area contributed by atoms with Crippen LogP contribution in [0.4, 0.5) is 4.39 Å². The molecule has 94 valence electrons. The molecular formula is C14H20FNS. The van der Waals surface area contributed by atoms with Gasteiger partial charge in [0.15, 0.2) is 0 Å². The Morgan fingerprint density at radius 1 is 1.47 bits per heavy atom. The molecule has 1 nitrogen and oxygen atoms in total. The number of benzene rings is 1. The van der Waals surface area contributed by atoms with Gasteiger partial charge in [-0.25, -0.2) is 4.39 Å². The van der Waals surface area contributed by atoms with Crippen molar-refractivity contribution in [2.75, 3.05) is 5.75 Å². The molecular weight excluding hydrogens is 233 g/mol. The van der Waals surface area contributed by atoms with Crippen molar-refractivity contribution in [2.45, 2.75) is 44.0 Å². The summed E-state index contributed by atoms with van der Waals surface area (Å²) in [6.07, 6.45) is 2.51. The van der Waals surface area contributed by atoms with E-state index in [0.717, 1.165) is 5.56 Å². The van der Waals surface area contributed by atoms with E-state index in [1.165, 1.54) is 24.7 Å². The molecule has 2 rings (SSSR count). The molecule has 1 aliphatic rings. The predicted molar refractivity (Wildman–Crippen MR) is 72.9 cm³/mol. The minimum Gasteiger partial charge on any atom is -0.306 e. The normalized spacial score (nSPS) is 26.8. The molecule has 1 N–H and O–H groups in total. The van der Waals surface area contributed by atoms with E-state index < -0.39 is 0 Å². The van der Waals surface area contributed by atoms with Crippen LogP contribution in [0, 0.1) is 5.82 Å². The SMILES string of the molecule is CC(NC1CCCSC1C)c1cccc(F)c1. The van der Waals surface area contributed by atoms with Gasteiger partial charge < -0.3 is 5.32 Å². The van der Waals surface area contributed by atoms with Gasteiger partial charge in [0, 0.05) is 17.3 Å². The molecule has 0 aromatic heterocycles. The smallest absolute Gasteiger partial charge is 0.123 e. The molecule has 3 atom stereocenters. The first-order chi connectivity index (χ1) is 8.16. The molecule has 1 fully saturated rings. The molecule has 0 bridgehead atoms. The summed E-state index contributed by atoms with van der Waals surface area (Å²) in [7, 11) is 0. The Balaban J connectivity index is 1.98. The Bertz CT molecular complexity index is 369. The molecule has 3 heteroatoms. The predicted octanol–water partition coefficient (Wildman–Crippen LogP) is 3.76. The second kappa shape index (κ2) is 5.87. The fourth-order valence-corrected chi connectivity index (χ4v) is 3.49. The lowest BCUT2D eigenvalue weighted by atomic mass is 10.0. The van der Waals surface area contributed by atoms with E-state index >= 15 is 0 Å². The number of halogens is 1. The van der Waals surface area contributed by atoms with Crippen LogP contribution in [0.25, 0.3) is 0 Å². The number of hydrogen-bond acceptors (Lipinski definition) is 2. The highest BCUT2D eigenvalue weighted by atomic mass is 32.2. The van der Waals surface area contributed by atoms with Crippen molar-refractivity contribution in [3.63, 3.8) is 0 Å². The number of rotatable bonds is 3. The second-order valence-electron chi connectivity index (χ2n) is 4.77. The first kappa shape index (κ1) is 12.9. The van der Waals surface area contributed by atoms with Gasteiger partial charge in [-0.1, -0.05) is 19.1 Å². The van der Waals surface area contributed by atoms with Crippen molar-refractivity contribution < 1.29 is 4.39 Å². The van der Waals surface area contributed by atoms with Crippen LogP contribution < -0.4 is 5.32 Å². The van der Waals surface area contributed by atoms with Crippen LogP contribution in [0.3, 0.4) is 0 Å². The molecule has 1 saturated heterocycles. The maximum atomic E-state index is 13.2. The molecule has 3 unspecified atom stereocenters.